The number of hydrogen-bond donors (Lipinski definition) is 3. The van der Waals surface area contributed by atoms with Crippen molar-refractivity contribution in [3.8, 4) is 11.1 Å². The molecule has 2 aromatic carbocycles. The number of nitrogens with one attached hydrogen (secondary N) is 1. The van der Waals surface area contributed by atoms with Crippen LogP contribution in [-0.2, 0) is 21.0 Å². The Morgan fingerprint density at radius 1 is 1.07 bits per heavy atom. The van der Waals surface area contributed by atoms with Crippen molar-refractivity contribution in [3.05, 3.63) is 58.1 Å². The summed E-state index contributed by atoms with van der Waals surface area (Å²) in [7, 11) is 0. The maximum Gasteiger partial charge on any atom is 0.379 e. The minimum Gasteiger partial charge on any atom is -0.388 e. The zero-order chi connectivity index (χ0) is 21.6. The van der Waals surface area contributed by atoms with E-state index in [4.69, 9.17) is 23.2 Å². The highest BCUT2D eigenvalue weighted by atomic mass is 79.9. The van der Waals surface area contributed by atoms with E-state index in [1.54, 1.807) is 42.5 Å². The van der Waals surface area contributed by atoms with Crippen LogP contribution >= 0.6 is 39.1 Å². The second-order valence-electron chi connectivity index (χ2n) is 6.20. The molecule has 10 heteroatoms. The van der Waals surface area contributed by atoms with Gasteiger partial charge in [-0.05, 0) is 41.3 Å². The Hall–Kier alpha value is -1.71. The summed E-state index contributed by atoms with van der Waals surface area (Å²) in [6.45, 7) is 0. The lowest BCUT2D eigenvalue weighted by atomic mass is 9.96. The van der Waals surface area contributed by atoms with Crippen molar-refractivity contribution in [2.75, 3.05) is 5.33 Å². The van der Waals surface area contributed by atoms with Crippen LogP contribution in [0.1, 0.15) is 5.56 Å². The standard InChI is InChI=1S/C19H17BrCl2FNO5/c20-9-16(25)24-15(17(26)18(27)19(28)29-23)5-10-1-3-11(4-2-10)12-6-13(21)8-14(22)7-12/h1-4,6-8,15,17-18,26-27H,5,9H2,(H,24,25). The molecule has 3 N–H and O–H groups in total. The minimum absolute atomic E-state index is 0.0612. The lowest BCUT2D eigenvalue weighted by Gasteiger charge is -2.26. The number of alkyl halides is 1. The Bertz CT molecular complexity index is 848. The first-order valence-electron chi connectivity index (χ1n) is 8.34. The third-order valence-corrected chi connectivity index (χ3v) is 5.07. The highest BCUT2D eigenvalue weighted by Gasteiger charge is 2.34. The fourth-order valence-electron chi connectivity index (χ4n) is 2.72. The molecule has 0 saturated heterocycles. The number of halogens is 4. The predicted molar refractivity (Wildman–Crippen MR) is 111 cm³/mol. The summed E-state index contributed by atoms with van der Waals surface area (Å²) < 4.78 is 12.0. The molecule has 1 amide bonds. The van der Waals surface area contributed by atoms with Crippen molar-refractivity contribution in [1.29, 1.82) is 0 Å². The summed E-state index contributed by atoms with van der Waals surface area (Å²) in [5.41, 5.74) is 2.32. The molecule has 0 spiro atoms. The molecule has 0 aliphatic carbocycles. The van der Waals surface area contributed by atoms with E-state index in [0.29, 0.717) is 15.6 Å². The number of carbonyl (C=O) groups excluding carboxylic acids is 2. The number of amides is 1. The average Bonchev–Trinajstić information content (AvgIpc) is 2.71. The summed E-state index contributed by atoms with van der Waals surface area (Å²) >= 11 is 15.0. The lowest BCUT2D eigenvalue weighted by Crippen LogP contribution is -2.52. The van der Waals surface area contributed by atoms with Gasteiger partial charge in [-0.3, -0.25) is 9.74 Å². The van der Waals surface area contributed by atoms with Crippen LogP contribution in [0.25, 0.3) is 11.1 Å². The number of benzene rings is 2. The third kappa shape index (κ3) is 6.65. The molecule has 0 aliphatic rings. The fraction of sp³-hybridized carbons (Fsp3) is 0.263. The molecule has 2 aromatic rings. The maximum absolute atomic E-state index is 12.0. The molecule has 0 saturated carbocycles. The molecule has 3 unspecified atom stereocenters. The van der Waals surface area contributed by atoms with Gasteiger partial charge in [0.25, 0.3) is 0 Å². The van der Waals surface area contributed by atoms with Crippen LogP contribution in [0.4, 0.5) is 4.53 Å². The molecular weight excluding hydrogens is 492 g/mol. The SMILES string of the molecule is O=C(CBr)NC(Cc1ccc(-c2cc(Cl)cc(Cl)c2)cc1)C(O)C(O)C(=O)OF. The van der Waals surface area contributed by atoms with Gasteiger partial charge in [0.15, 0.2) is 6.10 Å². The van der Waals surface area contributed by atoms with Gasteiger partial charge in [0.1, 0.15) is 6.10 Å². The molecule has 0 bridgehead atoms. The number of hydrogen-bond acceptors (Lipinski definition) is 5. The van der Waals surface area contributed by atoms with Gasteiger partial charge in [-0.1, -0.05) is 63.4 Å². The van der Waals surface area contributed by atoms with Crippen molar-refractivity contribution in [1.82, 2.24) is 5.32 Å². The summed E-state index contributed by atoms with van der Waals surface area (Å²) in [4.78, 5) is 25.8. The Balaban J connectivity index is 2.21. The molecule has 3 atom stereocenters. The molecule has 0 heterocycles. The topological polar surface area (TPSA) is 95.9 Å². The van der Waals surface area contributed by atoms with Crippen molar-refractivity contribution < 1.29 is 29.3 Å². The molecule has 156 valence electrons. The van der Waals surface area contributed by atoms with Gasteiger partial charge >= 0.3 is 5.97 Å². The number of carbonyl (C=O) groups is 2. The van der Waals surface area contributed by atoms with E-state index < -0.39 is 30.1 Å². The van der Waals surface area contributed by atoms with Crippen LogP contribution in [-0.4, -0.2) is 45.7 Å². The van der Waals surface area contributed by atoms with E-state index >= 15 is 0 Å². The summed E-state index contributed by atoms with van der Waals surface area (Å²) in [5.74, 6) is -2.14. The van der Waals surface area contributed by atoms with Gasteiger partial charge in [0, 0.05) is 14.6 Å². The number of rotatable bonds is 8. The Morgan fingerprint density at radius 3 is 2.17 bits per heavy atom. The molecule has 29 heavy (non-hydrogen) atoms. The summed E-state index contributed by atoms with van der Waals surface area (Å²) in [6, 6.07) is 11.1. The molecule has 0 aliphatic heterocycles. The van der Waals surface area contributed by atoms with Crippen LogP contribution in [0, 0.1) is 0 Å². The zero-order valence-electron chi connectivity index (χ0n) is 14.8. The lowest BCUT2D eigenvalue weighted by molar-refractivity contribution is -0.200. The third-order valence-electron chi connectivity index (χ3n) is 4.13. The Morgan fingerprint density at radius 2 is 1.66 bits per heavy atom. The first-order chi connectivity index (χ1) is 13.7. The second-order valence-corrected chi connectivity index (χ2v) is 7.63. The Kier molecular flexibility index (Phi) is 8.85. The van der Waals surface area contributed by atoms with Crippen LogP contribution in [0.3, 0.4) is 0 Å². The molecule has 6 nitrogen and oxygen atoms in total. The second kappa shape index (κ2) is 10.9. The van der Waals surface area contributed by atoms with Gasteiger partial charge in [-0.2, -0.15) is 0 Å². The van der Waals surface area contributed by atoms with Crippen molar-refractivity contribution >= 4 is 51.0 Å². The highest BCUT2D eigenvalue weighted by molar-refractivity contribution is 9.09. The molecule has 0 aromatic heterocycles. The van der Waals surface area contributed by atoms with Gasteiger partial charge < -0.3 is 15.5 Å². The largest absolute Gasteiger partial charge is 0.388 e. The van der Waals surface area contributed by atoms with Crippen LogP contribution in [0.15, 0.2) is 42.5 Å². The van der Waals surface area contributed by atoms with Crippen LogP contribution in [0.5, 0.6) is 0 Å². The van der Waals surface area contributed by atoms with Gasteiger partial charge in [0.2, 0.25) is 5.91 Å². The van der Waals surface area contributed by atoms with Crippen LogP contribution < -0.4 is 5.32 Å². The summed E-state index contributed by atoms with van der Waals surface area (Å²) in [6.07, 6.45) is -3.88. The van der Waals surface area contributed by atoms with E-state index in [0.717, 1.165) is 11.1 Å². The first-order valence-corrected chi connectivity index (χ1v) is 10.2. The van der Waals surface area contributed by atoms with E-state index in [1.165, 1.54) is 0 Å². The van der Waals surface area contributed by atoms with E-state index in [9.17, 15) is 24.3 Å². The number of aliphatic hydroxyl groups is 2. The van der Waals surface area contributed by atoms with Crippen LogP contribution in [0.2, 0.25) is 10.0 Å². The zero-order valence-corrected chi connectivity index (χ0v) is 17.9. The number of aliphatic hydroxyl groups excluding tert-OH is 2. The molecule has 2 rings (SSSR count). The Labute approximate surface area is 184 Å². The van der Waals surface area contributed by atoms with Gasteiger partial charge in [0.05, 0.1) is 11.4 Å². The van der Waals surface area contributed by atoms with E-state index in [-0.39, 0.29) is 11.8 Å². The molecule has 0 fully saturated rings. The van der Waals surface area contributed by atoms with Gasteiger partial charge in [-0.25, -0.2) is 4.79 Å². The van der Waals surface area contributed by atoms with E-state index in [1.807, 2.05) is 0 Å². The maximum atomic E-state index is 12.0. The smallest absolute Gasteiger partial charge is 0.379 e. The first kappa shape index (κ1) is 23.6. The minimum atomic E-state index is -2.16. The van der Waals surface area contributed by atoms with Crippen molar-refractivity contribution in [3.63, 3.8) is 0 Å². The van der Waals surface area contributed by atoms with Crippen molar-refractivity contribution in [2.45, 2.75) is 24.7 Å². The average molecular weight is 509 g/mol. The fourth-order valence-corrected chi connectivity index (χ4v) is 3.40. The molecule has 0 radical (unpaired) electrons. The normalized spacial score (nSPS) is 14.0. The van der Waals surface area contributed by atoms with E-state index in [2.05, 4.69) is 26.2 Å². The van der Waals surface area contributed by atoms with Gasteiger partial charge in [-0.15, -0.1) is 0 Å². The molecular formula is C19H17BrCl2FNO5. The highest BCUT2D eigenvalue weighted by Crippen LogP contribution is 2.27. The summed E-state index contributed by atoms with van der Waals surface area (Å²) in [5, 5.41) is 23.3. The van der Waals surface area contributed by atoms with Crippen molar-refractivity contribution in [2.24, 2.45) is 0 Å². The monoisotopic (exact) mass is 507 g/mol. The quantitative estimate of drug-likeness (QED) is 0.476. The predicted octanol–water partition coefficient (Wildman–Crippen LogP) is 3.23.